The third-order valence-corrected chi connectivity index (χ3v) is 8.41. The van der Waals surface area contributed by atoms with Crippen molar-refractivity contribution in [2.45, 2.75) is 55.4 Å². The number of amides is 1. The van der Waals surface area contributed by atoms with Crippen LogP contribution in [0.1, 0.15) is 60.6 Å². The number of carbonyl (C=O) groups is 1. The number of aromatic amines is 1. The molecule has 208 valence electrons. The summed E-state index contributed by atoms with van der Waals surface area (Å²) >= 11 is 0. The van der Waals surface area contributed by atoms with Gasteiger partial charge in [-0.25, -0.2) is 23.4 Å². The molecule has 40 heavy (non-hydrogen) atoms. The summed E-state index contributed by atoms with van der Waals surface area (Å²) in [5.41, 5.74) is -1.33. The van der Waals surface area contributed by atoms with Crippen LogP contribution in [-0.4, -0.2) is 58.4 Å². The highest BCUT2D eigenvalue weighted by Gasteiger charge is 2.48. The van der Waals surface area contributed by atoms with Crippen LogP contribution in [0.3, 0.4) is 0 Å². The Kier molecular flexibility index (Phi) is 6.38. The number of fused-ring (bicyclic) bond motifs is 2. The van der Waals surface area contributed by atoms with E-state index in [-0.39, 0.29) is 48.7 Å². The van der Waals surface area contributed by atoms with E-state index in [1.807, 2.05) is 0 Å². The maximum Gasteiger partial charge on any atom is 0.407 e. The maximum atomic E-state index is 14.9. The molecule has 1 aromatic carbocycles. The molecule has 12 heteroatoms. The van der Waals surface area contributed by atoms with Gasteiger partial charge in [0.25, 0.3) is 0 Å². The molecule has 3 aromatic heterocycles. The summed E-state index contributed by atoms with van der Waals surface area (Å²) in [6, 6.07) is 8.96. The number of benzene rings is 1. The third-order valence-electron chi connectivity index (χ3n) is 8.41. The number of pyridine rings is 2. The van der Waals surface area contributed by atoms with E-state index in [4.69, 9.17) is 0 Å². The lowest BCUT2D eigenvalue weighted by Crippen LogP contribution is -2.49. The highest BCUT2D eigenvalue weighted by molar-refractivity contribution is 5.70. The Morgan fingerprint density at radius 2 is 1.85 bits per heavy atom. The van der Waals surface area contributed by atoms with Crippen molar-refractivity contribution in [1.29, 1.82) is 0 Å². The molecule has 10 nitrogen and oxygen atoms in total. The first-order valence-electron chi connectivity index (χ1n) is 13.0. The van der Waals surface area contributed by atoms with Crippen LogP contribution in [0.25, 0.3) is 11.2 Å². The highest BCUT2D eigenvalue weighted by Crippen LogP contribution is 2.49. The molecule has 1 aliphatic carbocycles. The fourth-order valence-electron chi connectivity index (χ4n) is 6.52. The number of nitrogens with zero attached hydrogens (tertiary/aromatic N) is 4. The van der Waals surface area contributed by atoms with E-state index in [2.05, 4.69) is 15.0 Å². The van der Waals surface area contributed by atoms with E-state index in [0.717, 1.165) is 6.07 Å². The molecular weight excluding hydrogens is 524 g/mol. The summed E-state index contributed by atoms with van der Waals surface area (Å²) in [4.78, 5) is 38.1. The normalized spacial score (nSPS) is 26.9. The molecule has 0 bridgehead atoms. The zero-order valence-electron chi connectivity index (χ0n) is 21.2. The van der Waals surface area contributed by atoms with E-state index < -0.39 is 41.4 Å². The lowest BCUT2D eigenvalue weighted by atomic mass is 9.81. The number of H-pyrrole nitrogens is 1. The predicted octanol–water partition coefficient (Wildman–Crippen LogP) is 3.58. The van der Waals surface area contributed by atoms with Crippen molar-refractivity contribution < 1.29 is 28.9 Å². The Hall–Kier alpha value is -4.16. The van der Waals surface area contributed by atoms with E-state index in [9.17, 15) is 33.7 Å². The molecule has 1 aliphatic heterocycles. The van der Waals surface area contributed by atoms with Gasteiger partial charge in [0.15, 0.2) is 17.3 Å². The summed E-state index contributed by atoms with van der Waals surface area (Å²) in [7, 11) is 0. The van der Waals surface area contributed by atoms with Crippen LogP contribution in [-0.2, 0) is 5.60 Å². The minimum absolute atomic E-state index is 0.110. The van der Waals surface area contributed by atoms with Gasteiger partial charge < -0.3 is 20.2 Å². The van der Waals surface area contributed by atoms with E-state index in [1.54, 1.807) is 35.0 Å². The standard InChI is InChI=1S/C28H27F2N5O5/c29-19-6-1-5-18(22(19)30)28(40)10-8-16(23-17(24(28)36)4-2-11-31-23)21-14-15(9-13-34(21)27(38)39)35-20-7-3-12-32-25(20)33-26(35)37/h1-7,11-12,15-16,21,24,36,40H,8-10,13-14H2,(H,38,39)(H,32,33,37)/t15?,16-,21?,24+,28-/m1/s1. The molecule has 0 spiro atoms. The summed E-state index contributed by atoms with van der Waals surface area (Å²) in [5, 5.41) is 33.3. The zero-order valence-corrected chi connectivity index (χ0v) is 21.2. The molecule has 0 radical (unpaired) electrons. The Balaban J connectivity index is 1.44. The second-order valence-corrected chi connectivity index (χ2v) is 10.4. The molecule has 5 atom stereocenters. The van der Waals surface area contributed by atoms with Crippen LogP contribution in [0.2, 0.25) is 0 Å². The molecule has 2 aliphatic rings. The number of carboxylic acid groups (broad SMARTS) is 1. The van der Waals surface area contributed by atoms with Crippen molar-refractivity contribution in [2.24, 2.45) is 0 Å². The summed E-state index contributed by atoms with van der Waals surface area (Å²) in [6.07, 6.45) is 0.820. The number of piperidine rings is 1. The minimum atomic E-state index is -2.19. The van der Waals surface area contributed by atoms with Crippen LogP contribution in [0.5, 0.6) is 0 Å². The number of rotatable bonds is 3. The Labute approximate surface area is 226 Å². The van der Waals surface area contributed by atoms with Crippen LogP contribution < -0.4 is 5.69 Å². The van der Waals surface area contributed by atoms with Crippen molar-refractivity contribution in [1.82, 2.24) is 24.4 Å². The monoisotopic (exact) mass is 551 g/mol. The van der Waals surface area contributed by atoms with Crippen LogP contribution in [0, 0.1) is 11.6 Å². The SMILES string of the molecule is O=C(O)N1CCC(n2c(=O)[nH]c3ncccc32)CC1[C@H]1CC[C@@](O)(c2cccc(F)c2F)[C@@H](O)c2cccnc21. The molecule has 4 heterocycles. The molecule has 1 fully saturated rings. The third kappa shape index (κ3) is 4.06. The Bertz CT molecular complexity index is 1660. The highest BCUT2D eigenvalue weighted by atomic mass is 19.2. The molecule has 4 aromatic rings. The summed E-state index contributed by atoms with van der Waals surface area (Å²) in [6.45, 7) is 0.133. The van der Waals surface area contributed by atoms with Crippen LogP contribution in [0.4, 0.5) is 13.6 Å². The number of hydrogen-bond acceptors (Lipinski definition) is 6. The van der Waals surface area contributed by atoms with Gasteiger partial charge in [0.05, 0.1) is 11.2 Å². The second kappa shape index (κ2) is 9.79. The number of aliphatic hydroxyl groups excluding tert-OH is 1. The lowest BCUT2D eigenvalue weighted by molar-refractivity contribution is -0.0908. The van der Waals surface area contributed by atoms with Crippen LogP contribution in [0.15, 0.2) is 59.7 Å². The molecule has 1 amide bonds. The number of aromatic nitrogens is 4. The number of aliphatic hydroxyl groups is 2. The zero-order chi connectivity index (χ0) is 28.2. The number of likely N-dealkylation sites (tertiary alicyclic amines) is 1. The fraction of sp³-hybridized carbons (Fsp3) is 0.357. The fourth-order valence-corrected chi connectivity index (χ4v) is 6.52. The van der Waals surface area contributed by atoms with Crippen molar-refractivity contribution in [3.05, 3.63) is 93.8 Å². The second-order valence-electron chi connectivity index (χ2n) is 10.4. The first-order chi connectivity index (χ1) is 19.2. The molecular formula is C28H27F2N5O5. The van der Waals surface area contributed by atoms with E-state index >= 15 is 0 Å². The quantitative estimate of drug-likeness (QED) is 0.285. The largest absolute Gasteiger partial charge is 0.465 e. The molecule has 0 saturated carbocycles. The molecule has 6 rings (SSSR count). The minimum Gasteiger partial charge on any atom is -0.465 e. The number of imidazole rings is 1. The van der Waals surface area contributed by atoms with Crippen molar-refractivity contribution in [3.8, 4) is 0 Å². The van der Waals surface area contributed by atoms with E-state index in [0.29, 0.717) is 23.3 Å². The van der Waals surface area contributed by atoms with Crippen LogP contribution >= 0.6 is 0 Å². The maximum absolute atomic E-state index is 14.9. The summed E-state index contributed by atoms with van der Waals surface area (Å²) < 4.78 is 30.7. The van der Waals surface area contributed by atoms with Gasteiger partial charge in [-0.3, -0.25) is 14.5 Å². The van der Waals surface area contributed by atoms with Gasteiger partial charge in [0.2, 0.25) is 0 Å². The van der Waals surface area contributed by atoms with E-state index in [1.165, 1.54) is 23.2 Å². The van der Waals surface area contributed by atoms with Crippen molar-refractivity contribution in [3.63, 3.8) is 0 Å². The van der Waals surface area contributed by atoms with Crippen molar-refractivity contribution in [2.75, 3.05) is 6.54 Å². The predicted molar refractivity (Wildman–Crippen MR) is 139 cm³/mol. The lowest BCUT2D eigenvalue weighted by Gasteiger charge is -2.42. The Morgan fingerprint density at radius 3 is 2.65 bits per heavy atom. The van der Waals surface area contributed by atoms with Gasteiger partial charge >= 0.3 is 11.8 Å². The first-order valence-corrected chi connectivity index (χ1v) is 13.0. The first kappa shape index (κ1) is 26.1. The average molecular weight is 552 g/mol. The van der Waals surface area contributed by atoms with Gasteiger partial charge in [-0.05, 0) is 49.9 Å². The topological polar surface area (TPSA) is 145 Å². The van der Waals surface area contributed by atoms with Gasteiger partial charge in [0, 0.05) is 48.1 Å². The average Bonchev–Trinajstić information content (AvgIpc) is 3.24. The smallest absolute Gasteiger partial charge is 0.407 e. The molecule has 1 saturated heterocycles. The van der Waals surface area contributed by atoms with Gasteiger partial charge in [-0.2, -0.15) is 0 Å². The van der Waals surface area contributed by atoms with Gasteiger partial charge in [0.1, 0.15) is 11.7 Å². The number of nitrogens with one attached hydrogen (secondary N) is 1. The summed E-state index contributed by atoms with van der Waals surface area (Å²) in [5.74, 6) is -3.03. The Morgan fingerprint density at radius 1 is 1.07 bits per heavy atom. The van der Waals surface area contributed by atoms with Gasteiger partial charge in [-0.15, -0.1) is 0 Å². The molecule has 4 N–H and O–H groups in total. The van der Waals surface area contributed by atoms with Gasteiger partial charge in [-0.1, -0.05) is 18.2 Å². The number of halogens is 2. The van der Waals surface area contributed by atoms with Crippen molar-refractivity contribution >= 4 is 17.3 Å². The molecule has 2 unspecified atom stereocenters. The number of hydrogen-bond donors (Lipinski definition) is 4.